The van der Waals surface area contributed by atoms with E-state index in [9.17, 15) is 26.0 Å². The zero-order valence-corrected chi connectivity index (χ0v) is 23.5. The average molecular weight is 574 g/mol. The van der Waals surface area contributed by atoms with Crippen molar-refractivity contribution in [2.75, 3.05) is 61.6 Å². The molecule has 0 bridgehead atoms. The predicted octanol–water partition coefficient (Wildman–Crippen LogP) is 3.99. The highest BCUT2D eigenvalue weighted by atomic mass is 32.2. The van der Waals surface area contributed by atoms with Crippen molar-refractivity contribution >= 4 is 33.2 Å². The van der Waals surface area contributed by atoms with Crippen LogP contribution in [0.3, 0.4) is 0 Å². The summed E-state index contributed by atoms with van der Waals surface area (Å²) in [6, 6.07) is 4.03. The maximum absolute atomic E-state index is 14.6. The van der Waals surface area contributed by atoms with E-state index in [1.807, 2.05) is 7.05 Å². The predicted molar refractivity (Wildman–Crippen MR) is 143 cm³/mol. The molecule has 39 heavy (non-hydrogen) atoms. The minimum atomic E-state index is -4.66. The largest absolute Gasteiger partial charge is 0.418 e. The van der Waals surface area contributed by atoms with Crippen molar-refractivity contribution in [3.63, 3.8) is 0 Å². The quantitative estimate of drug-likeness (QED) is 0.502. The number of halogens is 4. The number of piperazine rings is 1. The van der Waals surface area contributed by atoms with Gasteiger partial charge in [-0.25, -0.2) is 17.8 Å². The van der Waals surface area contributed by atoms with Gasteiger partial charge in [0.2, 0.25) is 16.0 Å². The topological polar surface area (TPSA) is 93.7 Å². The number of piperidine rings is 1. The Labute approximate surface area is 226 Å². The van der Waals surface area contributed by atoms with Crippen molar-refractivity contribution in [2.45, 2.75) is 45.5 Å². The van der Waals surface area contributed by atoms with Crippen molar-refractivity contribution in [1.82, 2.24) is 19.2 Å². The Hall–Kier alpha value is -2.71. The molecular weight excluding hydrogens is 538 g/mol. The lowest BCUT2D eigenvalue weighted by molar-refractivity contribution is -0.137. The molecule has 4 rings (SSSR count). The number of rotatable bonds is 6. The number of hydrogen-bond donors (Lipinski definition) is 2. The molecule has 0 saturated carbocycles. The summed E-state index contributed by atoms with van der Waals surface area (Å²) in [6.07, 6.45) is -1.80. The molecule has 2 saturated heterocycles. The summed E-state index contributed by atoms with van der Waals surface area (Å²) in [6.45, 7) is 7.60. The van der Waals surface area contributed by atoms with E-state index in [-0.39, 0.29) is 60.8 Å². The summed E-state index contributed by atoms with van der Waals surface area (Å²) in [7, 11) is -1.40. The number of anilines is 4. The minimum Gasteiger partial charge on any atom is -0.368 e. The molecule has 0 radical (unpaired) electrons. The first kappa shape index (κ1) is 29.3. The maximum atomic E-state index is 14.6. The van der Waals surface area contributed by atoms with Crippen LogP contribution in [-0.2, 0) is 16.2 Å². The molecule has 3 heterocycles. The molecule has 2 aliphatic rings. The van der Waals surface area contributed by atoms with Crippen molar-refractivity contribution in [1.29, 1.82) is 0 Å². The molecule has 14 heteroatoms. The monoisotopic (exact) mass is 573 g/mol. The summed E-state index contributed by atoms with van der Waals surface area (Å²) < 4.78 is 81.5. The highest BCUT2D eigenvalue weighted by molar-refractivity contribution is 7.88. The first-order valence-corrected chi connectivity index (χ1v) is 14.6. The van der Waals surface area contributed by atoms with E-state index in [4.69, 9.17) is 0 Å². The number of nitrogens with zero attached hydrogens (tertiary/aromatic N) is 5. The summed E-state index contributed by atoms with van der Waals surface area (Å²) in [5.41, 5.74) is -0.836. The van der Waals surface area contributed by atoms with Crippen molar-refractivity contribution in [2.24, 2.45) is 5.41 Å². The Morgan fingerprint density at radius 2 is 1.79 bits per heavy atom. The van der Waals surface area contributed by atoms with Gasteiger partial charge in [0.1, 0.15) is 0 Å². The van der Waals surface area contributed by atoms with E-state index in [2.05, 4.69) is 46.3 Å². The second kappa shape index (κ2) is 10.7. The van der Waals surface area contributed by atoms with Crippen LogP contribution in [0.1, 0.15) is 32.8 Å². The third-order valence-electron chi connectivity index (χ3n) is 7.76. The van der Waals surface area contributed by atoms with Gasteiger partial charge in [-0.05, 0) is 44.0 Å². The molecule has 216 valence electrons. The van der Waals surface area contributed by atoms with Gasteiger partial charge in [-0.1, -0.05) is 13.8 Å². The lowest BCUT2D eigenvalue weighted by atomic mass is 9.75. The van der Waals surface area contributed by atoms with Crippen LogP contribution in [0.4, 0.5) is 40.7 Å². The normalized spacial score (nSPS) is 23.1. The number of benzene rings is 1. The summed E-state index contributed by atoms with van der Waals surface area (Å²) in [5.74, 6) is -0.717. The van der Waals surface area contributed by atoms with Crippen LogP contribution in [0, 0.1) is 11.2 Å². The van der Waals surface area contributed by atoms with Gasteiger partial charge in [0.15, 0.2) is 11.6 Å². The minimum absolute atomic E-state index is 0.0115. The van der Waals surface area contributed by atoms with Gasteiger partial charge in [-0.3, -0.25) is 0 Å². The van der Waals surface area contributed by atoms with E-state index in [0.29, 0.717) is 12.6 Å². The molecule has 9 nitrogen and oxygen atoms in total. The number of hydrogen-bond acceptors (Lipinski definition) is 8. The fourth-order valence-corrected chi connectivity index (χ4v) is 6.12. The highest BCUT2D eigenvalue weighted by Crippen LogP contribution is 2.39. The molecule has 2 atom stereocenters. The van der Waals surface area contributed by atoms with Gasteiger partial charge in [-0.15, -0.1) is 0 Å². The van der Waals surface area contributed by atoms with Crippen molar-refractivity contribution in [3.8, 4) is 0 Å². The molecule has 2 aromatic rings. The Bertz CT molecular complexity index is 1300. The summed E-state index contributed by atoms with van der Waals surface area (Å²) in [5, 5.41) is 5.91. The number of alkyl halides is 3. The third kappa shape index (κ3) is 6.72. The van der Waals surface area contributed by atoms with Gasteiger partial charge in [-0.2, -0.15) is 22.5 Å². The summed E-state index contributed by atoms with van der Waals surface area (Å²) in [4.78, 5) is 11.8. The van der Waals surface area contributed by atoms with Crippen LogP contribution in [0.25, 0.3) is 0 Å². The van der Waals surface area contributed by atoms with Crippen LogP contribution >= 0.6 is 0 Å². The van der Waals surface area contributed by atoms with Crippen LogP contribution in [0.2, 0.25) is 0 Å². The molecule has 2 unspecified atom stereocenters. The number of likely N-dealkylation sites (N-methyl/N-ethyl adjacent to an activating group) is 1. The lowest BCUT2D eigenvalue weighted by Crippen LogP contribution is -2.53. The van der Waals surface area contributed by atoms with E-state index in [1.165, 1.54) is 21.3 Å². The molecule has 1 aromatic carbocycles. The second-order valence-corrected chi connectivity index (χ2v) is 13.0. The van der Waals surface area contributed by atoms with E-state index >= 15 is 0 Å². The Kier molecular flexibility index (Phi) is 8.03. The number of aromatic nitrogens is 2. The van der Waals surface area contributed by atoms with Crippen LogP contribution in [0.5, 0.6) is 0 Å². The standard InChI is InChI=1S/C25H35F4N7O2S/c1-16-24(2,3)13-18(15-34(16)4)31-22-20(26)14-30-23(33-22)32-17-6-7-21(19(12-17)25(27,28)29)35-8-10-36(11-9-35)39(5,37)38/h6-7,12,14,16,18H,8-11,13,15H2,1-5H3,(H2,30,31,32,33). The van der Waals surface area contributed by atoms with Gasteiger partial charge < -0.3 is 20.4 Å². The highest BCUT2D eigenvalue weighted by Gasteiger charge is 2.38. The molecule has 0 aliphatic carbocycles. The van der Waals surface area contributed by atoms with Crippen molar-refractivity contribution in [3.05, 3.63) is 35.8 Å². The molecule has 0 spiro atoms. The number of sulfonamides is 1. The van der Waals surface area contributed by atoms with Gasteiger partial charge in [0.05, 0.1) is 18.0 Å². The van der Waals surface area contributed by atoms with Crippen LogP contribution < -0.4 is 15.5 Å². The van der Waals surface area contributed by atoms with Crippen molar-refractivity contribution < 1.29 is 26.0 Å². The van der Waals surface area contributed by atoms with Gasteiger partial charge in [0.25, 0.3) is 0 Å². The lowest BCUT2D eigenvalue weighted by Gasteiger charge is -2.47. The van der Waals surface area contributed by atoms with Gasteiger partial charge >= 0.3 is 6.18 Å². The molecule has 2 fully saturated rings. The first-order chi connectivity index (χ1) is 18.0. The second-order valence-electron chi connectivity index (χ2n) is 11.0. The van der Waals surface area contributed by atoms with Crippen LogP contribution in [-0.4, -0.2) is 85.7 Å². The molecular formula is C25H35F4N7O2S. The third-order valence-corrected chi connectivity index (χ3v) is 9.07. The molecule has 1 aromatic heterocycles. The molecule has 2 aliphatic heterocycles. The van der Waals surface area contributed by atoms with Gasteiger partial charge in [0, 0.05) is 56.2 Å². The Morgan fingerprint density at radius 1 is 1.13 bits per heavy atom. The average Bonchev–Trinajstić information content (AvgIpc) is 2.83. The van der Waals surface area contributed by atoms with E-state index in [1.54, 1.807) is 0 Å². The molecule has 0 amide bonds. The zero-order chi connectivity index (χ0) is 28.8. The number of nitrogens with one attached hydrogen (secondary N) is 2. The zero-order valence-electron chi connectivity index (χ0n) is 22.7. The smallest absolute Gasteiger partial charge is 0.368 e. The first-order valence-electron chi connectivity index (χ1n) is 12.7. The fraction of sp³-hybridized carbons (Fsp3) is 0.600. The Morgan fingerprint density at radius 3 is 2.38 bits per heavy atom. The number of likely N-dealkylation sites (tertiary alicyclic amines) is 1. The van der Waals surface area contributed by atoms with E-state index in [0.717, 1.165) is 24.9 Å². The SMILES string of the molecule is CC1N(C)CC(Nc2nc(Nc3ccc(N4CCN(S(C)(=O)=O)CC4)c(C(F)(F)F)c3)ncc2F)CC1(C)C. The Balaban J connectivity index is 1.53. The summed E-state index contributed by atoms with van der Waals surface area (Å²) >= 11 is 0. The molecule has 2 N–H and O–H groups in total. The maximum Gasteiger partial charge on any atom is 0.418 e. The van der Waals surface area contributed by atoms with E-state index < -0.39 is 27.6 Å². The fourth-order valence-electron chi connectivity index (χ4n) is 5.30. The van der Waals surface area contributed by atoms with Crippen LogP contribution in [0.15, 0.2) is 24.4 Å².